The van der Waals surface area contributed by atoms with Crippen molar-refractivity contribution in [2.45, 2.75) is 43.7 Å². The van der Waals surface area contributed by atoms with E-state index in [0.717, 1.165) is 35.7 Å². The Hall–Kier alpha value is -2.00. The summed E-state index contributed by atoms with van der Waals surface area (Å²) in [5, 5.41) is 0.893. The predicted octanol–water partition coefficient (Wildman–Crippen LogP) is 4.22. The van der Waals surface area contributed by atoms with Gasteiger partial charge < -0.3 is 9.72 Å². The highest BCUT2D eigenvalue weighted by atomic mass is 79.9. The Morgan fingerprint density at radius 1 is 1.19 bits per heavy atom. The number of fused-ring (bicyclic) bond motifs is 1. The van der Waals surface area contributed by atoms with E-state index in [1.54, 1.807) is 30.3 Å². The Balaban J connectivity index is 1.75. The molecule has 164 valence electrons. The third-order valence-electron chi connectivity index (χ3n) is 5.63. The van der Waals surface area contributed by atoms with E-state index in [4.69, 9.17) is 4.74 Å². The molecule has 2 aromatic carbocycles. The summed E-state index contributed by atoms with van der Waals surface area (Å²) in [5.74, 6) is 0. The summed E-state index contributed by atoms with van der Waals surface area (Å²) in [4.78, 5) is 15.8. The van der Waals surface area contributed by atoms with Gasteiger partial charge in [-0.1, -0.05) is 25.1 Å². The number of aromatic amines is 1. The number of ether oxygens (including phenoxy) is 1. The summed E-state index contributed by atoms with van der Waals surface area (Å²) in [5.41, 5.74) is 2.03. The van der Waals surface area contributed by atoms with Gasteiger partial charge >= 0.3 is 0 Å². The third kappa shape index (κ3) is 4.77. The molecule has 2 heterocycles. The van der Waals surface area contributed by atoms with Crippen molar-refractivity contribution in [1.82, 2.24) is 9.29 Å². The Kier molecular flexibility index (Phi) is 6.62. The fourth-order valence-electron chi connectivity index (χ4n) is 3.88. The standard InChI is InChI=1S/C23H25BrN2O4S/c1-2-16-9-10-21-17(12-16)13-18(23(27)25-21)14-26(15-19-6-5-11-30-19)31(28,29)22-8-4-3-7-20(22)24/h3-4,7-10,12-13,19H,2,5-6,11,14-15H2,1H3,(H,25,27)/t19-/m1/s1. The van der Waals surface area contributed by atoms with Crippen LogP contribution in [0, 0.1) is 0 Å². The lowest BCUT2D eigenvalue weighted by Gasteiger charge is -2.25. The number of halogens is 1. The highest BCUT2D eigenvalue weighted by molar-refractivity contribution is 9.10. The van der Waals surface area contributed by atoms with Crippen LogP contribution >= 0.6 is 15.9 Å². The molecule has 0 aliphatic carbocycles. The lowest BCUT2D eigenvalue weighted by atomic mass is 10.1. The minimum Gasteiger partial charge on any atom is -0.377 e. The van der Waals surface area contributed by atoms with Crippen LogP contribution in [0.15, 0.2) is 62.7 Å². The van der Waals surface area contributed by atoms with Crippen LogP contribution in [0.3, 0.4) is 0 Å². The lowest BCUT2D eigenvalue weighted by Crippen LogP contribution is -2.38. The number of nitrogens with zero attached hydrogens (tertiary/aromatic N) is 1. The maximum atomic E-state index is 13.5. The van der Waals surface area contributed by atoms with Crippen molar-refractivity contribution in [3.63, 3.8) is 0 Å². The van der Waals surface area contributed by atoms with Crippen LogP contribution in [0.4, 0.5) is 0 Å². The largest absolute Gasteiger partial charge is 0.377 e. The number of sulfonamides is 1. The smallest absolute Gasteiger partial charge is 0.252 e. The van der Waals surface area contributed by atoms with Gasteiger partial charge in [-0.25, -0.2) is 8.42 Å². The zero-order chi connectivity index (χ0) is 22.0. The van der Waals surface area contributed by atoms with E-state index in [1.165, 1.54) is 4.31 Å². The topological polar surface area (TPSA) is 79.5 Å². The summed E-state index contributed by atoms with van der Waals surface area (Å²) in [7, 11) is -3.85. The lowest BCUT2D eigenvalue weighted by molar-refractivity contribution is 0.0925. The number of rotatable bonds is 7. The molecule has 0 unspecified atom stereocenters. The fourth-order valence-corrected chi connectivity index (χ4v) is 6.30. The van der Waals surface area contributed by atoms with Crippen molar-refractivity contribution in [2.24, 2.45) is 0 Å². The van der Waals surface area contributed by atoms with Crippen molar-refractivity contribution in [2.75, 3.05) is 13.2 Å². The van der Waals surface area contributed by atoms with E-state index in [0.29, 0.717) is 16.6 Å². The molecule has 6 nitrogen and oxygen atoms in total. The quantitative estimate of drug-likeness (QED) is 0.522. The number of H-pyrrole nitrogens is 1. The molecule has 1 aliphatic heterocycles. The molecule has 1 N–H and O–H groups in total. The van der Waals surface area contributed by atoms with Gasteiger partial charge in [-0.3, -0.25) is 4.79 Å². The minimum atomic E-state index is -3.85. The Bertz CT molecular complexity index is 1250. The number of nitrogens with one attached hydrogen (secondary N) is 1. The maximum absolute atomic E-state index is 13.5. The average molecular weight is 505 g/mol. The van der Waals surface area contributed by atoms with E-state index in [-0.39, 0.29) is 29.6 Å². The molecule has 0 radical (unpaired) electrons. The molecule has 0 amide bonds. The van der Waals surface area contributed by atoms with Crippen LogP contribution in [-0.4, -0.2) is 37.0 Å². The molecule has 0 spiro atoms. The molecule has 1 atom stereocenters. The first-order valence-corrected chi connectivity index (χ1v) is 12.6. The second kappa shape index (κ2) is 9.24. The second-order valence-electron chi connectivity index (χ2n) is 7.76. The second-order valence-corrected chi connectivity index (χ2v) is 10.5. The molecule has 1 aliphatic rings. The van der Waals surface area contributed by atoms with Gasteiger partial charge in [-0.15, -0.1) is 0 Å². The SMILES string of the molecule is CCc1ccc2[nH]c(=O)c(CN(C[C@H]3CCCO3)S(=O)(=O)c3ccccc3Br)cc2c1. The van der Waals surface area contributed by atoms with Crippen LogP contribution in [0.2, 0.25) is 0 Å². The van der Waals surface area contributed by atoms with Crippen molar-refractivity contribution >= 4 is 36.9 Å². The van der Waals surface area contributed by atoms with Crippen molar-refractivity contribution in [1.29, 1.82) is 0 Å². The summed E-state index contributed by atoms with van der Waals surface area (Å²) in [6.45, 7) is 2.88. The van der Waals surface area contributed by atoms with E-state index < -0.39 is 10.0 Å². The van der Waals surface area contributed by atoms with Gasteiger partial charge in [0.05, 0.1) is 11.0 Å². The zero-order valence-electron chi connectivity index (χ0n) is 17.3. The molecular formula is C23H25BrN2O4S. The van der Waals surface area contributed by atoms with Gasteiger partial charge in [-0.05, 0) is 76.5 Å². The first-order chi connectivity index (χ1) is 14.9. The summed E-state index contributed by atoms with van der Waals surface area (Å²) < 4.78 is 34.7. The number of aromatic nitrogens is 1. The first-order valence-electron chi connectivity index (χ1n) is 10.4. The highest BCUT2D eigenvalue weighted by Crippen LogP contribution is 2.27. The third-order valence-corrected chi connectivity index (χ3v) is 8.45. The Morgan fingerprint density at radius 3 is 2.71 bits per heavy atom. The summed E-state index contributed by atoms with van der Waals surface area (Å²) in [6, 6.07) is 14.4. The number of pyridine rings is 1. The molecule has 4 rings (SSSR count). The van der Waals surface area contributed by atoms with Gasteiger partial charge in [0.25, 0.3) is 5.56 Å². The first kappa shape index (κ1) is 22.2. The normalized spacial score (nSPS) is 16.9. The highest BCUT2D eigenvalue weighted by Gasteiger charge is 2.31. The van der Waals surface area contributed by atoms with E-state index in [2.05, 4.69) is 27.8 Å². The zero-order valence-corrected chi connectivity index (χ0v) is 19.7. The van der Waals surface area contributed by atoms with Gasteiger partial charge in [0.1, 0.15) is 0 Å². The van der Waals surface area contributed by atoms with E-state index in [1.807, 2.05) is 18.2 Å². The number of hydrogen-bond donors (Lipinski definition) is 1. The predicted molar refractivity (Wildman–Crippen MR) is 125 cm³/mol. The molecule has 0 saturated carbocycles. The van der Waals surface area contributed by atoms with Gasteiger partial charge in [-0.2, -0.15) is 4.31 Å². The van der Waals surface area contributed by atoms with Crippen molar-refractivity contribution in [3.8, 4) is 0 Å². The minimum absolute atomic E-state index is 0.0227. The molecule has 3 aromatic rings. The molecule has 31 heavy (non-hydrogen) atoms. The van der Waals surface area contributed by atoms with Crippen LogP contribution in [-0.2, 0) is 27.7 Å². The number of hydrogen-bond acceptors (Lipinski definition) is 4. The molecular weight excluding hydrogens is 480 g/mol. The fraction of sp³-hybridized carbons (Fsp3) is 0.348. The Morgan fingerprint density at radius 2 is 2.00 bits per heavy atom. The summed E-state index contributed by atoms with van der Waals surface area (Å²) >= 11 is 3.36. The average Bonchev–Trinajstić information content (AvgIpc) is 3.27. The number of benzene rings is 2. The molecule has 0 bridgehead atoms. The summed E-state index contributed by atoms with van der Waals surface area (Å²) in [6.07, 6.45) is 2.41. The molecule has 8 heteroatoms. The van der Waals surface area contributed by atoms with Crippen LogP contribution in [0.1, 0.15) is 30.9 Å². The molecule has 1 aromatic heterocycles. The van der Waals surface area contributed by atoms with E-state index in [9.17, 15) is 13.2 Å². The van der Waals surface area contributed by atoms with Gasteiger partial charge in [0.15, 0.2) is 0 Å². The van der Waals surface area contributed by atoms with Crippen LogP contribution in [0.5, 0.6) is 0 Å². The number of aryl methyl sites for hydroxylation is 1. The molecule has 1 fully saturated rings. The van der Waals surface area contributed by atoms with Crippen molar-refractivity contribution in [3.05, 3.63) is 74.5 Å². The maximum Gasteiger partial charge on any atom is 0.252 e. The van der Waals surface area contributed by atoms with Crippen LogP contribution in [0.25, 0.3) is 10.9 Å². The van der Waals surface area contributed by atoms with Crippen LogP contribution < -0.4 is 5.56 Å². The van der Waals surface area contributed by atoms with E-state index >= 15 is 0 Å². The van der Waals surface area contributed by atoms with Gasteiger partial charge in [0, 0.05) is 35.2 Å². The monoisotopic (exact) mass is 504 g/mol. The van der Waals surface area contributed by atoms with Gasteiger partial charge in [0.2, 0.25) is 10.0 Å². The Labute approximate surface area is 190 Å². The molecule has 1 saturated heterocycles. The van der Waals surface area contributed by atoms with Crippen molar-refractivity contribution < 1.29 is 13.2 Å².